The molecule has 0 aliphatic heterocycles. The summed E-state index contributed by atoms with van der Waals surface area (Å²) in [4.78, 5) is 8.30. The lowest BCUT2D eigenvalue weighted by Gasteiger charge is -1.92. The van der Waals surface area contributed by atoms with Gasteiger partial charge in [0, 0.05) is 31.8 Å². The molecular weight excluding hydrogens is 368 g/mol. The summed E-state index contributed by atoms with van der Waals surface area (Å²) in [5, 5.41) is 3.56. The Labute approximate surface area is 144 Å². The molecule has 2 heterocycles. The molecule has 0 fully saturated rings. The Morgan fingerprint density at radius 3 is 2.57 bits per heavy atom. The highest BCUT2D eigenvalue weighted by atomic mass is 79.9. The van der Waals surface area contributed by atoms with Crippen LogP contribution in [0.1, 0.15) is 0 Å². The van der Waals surface area contributed by atoms with Gasteiger partial charge in [-0.05, 0) is 30.3 Å². The summed E-state index contributed by atoms with van der Waals surface area (Å²) in [5.41, 5.74) is 4.51. The number of rotatable bonds is 1. The average Bonchev–Trinajstić information content (AvgIpc) is 3.14. The molecule has 0 aliphatic carbocycles. The van der Waals surface area contributed by atoms with Crippen molar-refractivity contribution in [2.75, 3.05) is 0 Å². The molecule has 3 aromatic carbocycles. The van der Waals surface area contributed by atoms with Crippen LogP contribution in [-0.2, 0) is 0 Å². The highest BCUT2D eigenvalue weighted by molar-refractivity contribution is 9.10. The van der Waals surface area contributed by atoms with Gasteiger partial charge < -0.3 is 4.98 Å². The van der Waals surface area contributed by atoms with Crippen molar-refractivity contribution < 1.29 is 0 Å². The lowest BCUT2D eigenvalue weighted by Crippen LogP contribution is -1.74. The van der Waals surface area contributed by atoms with E-state index in [-0.39, 0.29) is 0 Å². The second-order valence-electron chi connectivity index (χ2n) is 5.57. The van der Waals surface area contributed by atoms with E-state index in [0.717, 1.165) is 26.0 Å². The van der Waals surface area contributed by atoms with Crippen molar-refractivity contribution in [3.05, 3.63) is 65.1 Å². The predicted molar refractivity (Wildman–Crippen MR) is 102 cm³/mol. The van der Waals surface area contributed by atoms with Gasteiger partial charge in [-0.1, -0.05) is 46.3 Å². The van der Waals surface area contributed by atoms with E-state index in [1.807, 2.05) is 6.07 Å². The second-order valence-corrected chi connectivity index (χ2v) is 7.51. The van der Waals surface area contributed by atoms with Crippen LogP contribution >= 0.6 is 27.3 Å². The quantitative estimate of drug-likeness (QED) is 0.361. The summed E-state index contributed by atoms with van der Waals surface area (Å²) >= 11 is 5.31. The van der Waals surface area contributed by atoms with E-state index in [1.165, 1.54) is 21.0 Å². The minimum absolute atomic E-state index is 1.05. The number of hydrogen-bond donors (Lipinski definition) is 1. The lowest BCUT2D eigenvalue weighted by molar-refractivity contribution is 1.47. The molecule has 23 heavy (non-hydrogen) atoms. The third kappa shape index (κ3) is 2.10. The van der Waals surface area contributed by atoms with Crippen molar-refractivity contribution in [2.45, 2.75) is 0 Å². The molecule has 0 atom stereocenters. The van der Waals surface area contributed by atoms with Gasteiger partial charge in [-0.25, -0.2) is 4.98 Å². The molecule has 2 nitrogen and oxygen atoms in total. The number of fused-ring (bicyclic) bond motifs is 4. The number of hydrogen-bond acceptors (Lipinski definition) is 2. The molecule has 0 amide bonds. The number of aromatic amines is 1. The van der Waals surface area contributed by atoms with Gasteiger partial charge in [-0.15, -0.1) is 11.3 Å². The van der Waals surface area contributed by atoms with Crippen LogP contribution < -0.4 is 0 Å². The van der Waals surface area contributed by atoms with E-state index < -0.39 is 0 Å². The second kappa shape index (κ2) is 4.91. The zero-order chi connectivity index (χ0) is 15.4. The molecule has 0 radical (unpaired) electrons. The number of nitrogens with zero attached hydrogens (tertiary/aromatic N) is 1. The molecule has 4 heteroatoms. The predicted octanol–water partition coefficient (Wildman–Crippen LogP) is 6.36. The average molecular weight is 379 g/mol. The van der Waals surface area contributed by atoms with E-state index in [9.17, 15) is 0 Å². The van der Waals surface area contributed by atoms with Crippen molar-refractivity contribution in [1.82, 2.24) is 9.97 Å². The summed E-state index contributed by atoms with van der Waals surface area (Å²) in [6.45, 7) is 0. The van der Waals surface area contributed by atoms with Crippen molar-refractivity contribution in [2.24, 2.45) is 0 Å². The first-order chi connectivity index (χ1) is 11.3. The highest BCUT2D eigenvalue weighted by Crippen LogP contribution is 2.35. The molecule has 0 saturated heterocycles. The Kier molecular flexibility index (Phi) is 2.84. The molecule has 0 spiro atoms. The van der Waals surface area contributed by atoms with Crippen LogP contribution in [-0.4, -0.2) is 9.97 Å². The van der Waals surface area contributed by atoms with E-state index in [4.69, 9.17) is 4.98 Å². The fourth-order valence-electron chi connectivity index (χ4n) is 3.00. The number of benzene rings is 3. The smallest absolute Gasteiger partial charge is 0.124 e. The van der Waals surface area contributed by atoms with Crippen molar-refractivity contribution in [3.8, 4) is 10.6 Å². The number of thiazole rings is 1. The molecule has 0 bridgehead atoms. The van der Waals surface area contributed by atoms with Crippen LogP contribution in [0.5, 0.6) is 0 Å². The zero-order valence-electron chi connectivity index (χ0n) is 12.0. The van der Waals surface area contributed by atoms with Crippen LogP contribution in [0.2, 0.25) is 0 Å². The van der Waals surface area contributed by atoms with E-state index >= 15 is 0 Å². The van der Waals surface area contributed by atoms with Crippen LogP contribution in [0, 0.1) is 0 Å². The molecule has 0 aliphatic rings. The van der Waals surface area contributed by atoms with Crippen LogP contribution in [0.3, 0.4) is 0 Å². The fraction of sp³-hybridized carbons (Fsp3) is 0. The number of H-pyrrole nitrogens is 1. The minimum atomic E-state index is 1.05. The van der Waals surface area contributed by atoms with Crippen molar-refractivity contribution in [3.63, 3.8) is 0 Å². The summed E-state index contributed by atoms with van der Waals surface area (Å²) in [6.07, 6.45) is 0. The largest absolute Gasteiger partial charge is 0.354 e. The van der Waals surface area contributed by atoms with Crippen LogP contribution in [0.4, 0.5) is 0 Å². The Hall–Kier alpha value is -2.17. The topological polar surface area (TPSA) is 28.7 Å². The SMILES string of the molecule is Brc1ccc2[nH]c3cc4nc(-c5ccccc5)sc4cc3c2c1. The Morgan fingerprint density at radius 2 is 1.70 bits per heavy atom. The molecule has 2 aromatic heterocycles. The number of halogens is 1. The summed E-state index contributed by atoms with van der Waals surface area (Å²) < 4.78 is 2.32. The summed E-state index contributed by atoms with van der Waals surface area (Å²) in [6, 6.07) is 21.1. The van der Waals surface area contributed by atoms with E-state index in [1.54, 1.807) is 11.3 Å². The maximum Gasteiger partial charge on any atom is 0.124 e. The van der Waals surface area contributed by atoms with Crippen molar-refractivity contribution >= 4 is 59.3 Å². The molecular formula is C19H11BrN2S. The van der Waals surface area contributed by atoms with Gasteiger partial charge in [0.1, 0.15) is 5.01 Å². The maximum absolute atomic E-state index is 4.81. The van der Waals surface area contributed by atoms with Gasteiger partial charge in [0.15, 0.2) is 0 Å². The normalized spacial score (nSPS) is 11.7. The Balaban J connectivity index is 1.80. The number of aromatic nitrogens is 2. The fourth-order valence-corrected chi connectivity index (χ4v) is 4.35. The molecule has 0 saturated carbocycles. The first-order valence-corrected chi connectivity index (χ1v) is 8.96. The highest BCUT2D eigenvalue weighted by Gasteiger charge is 2.10. The van der Waals surface area contributed by atoms with Gasteiger partial charge in [0.2, 0.25) is 0 Å². The van der Waals surface area contributed by atoms with Gasteiger partial charge in [-0.2, -0.15) is 0 Å². The molecule has 5 aromatic rings. The van der Waals surface area contributed by atoms with Crippen LogP contribution in [0.25, 0.3) is 42.6 Å². The molecule has 1 N–H and O–H groups in total. The van der Waals surface area contributed by atoms with Gasteiger partial charge in [-0.3, -0.25) is 0 Å². The third-order valence-corrected chi connectivity index (χ3v) is 5.65. The van der Waals surface area contributed by atoms with E-state index in [0.29, 0.717) is 0 Å². The van der Waals surface area contributed by atoms with Crippen molar-refractivity contribution in [1.29, 1.82) is 0 Å². The monoisotopic (exact) mass is 378 g/mol. The lowest BCUT2D eigenvalue weighted by atomic mass is 10.1. The molecule has 5 rings (SSSR count). The maximum atomic E-state index is 4.81. The van der Waals surface area contributed by atoms with Gasteiger partial charge >= 0.3 is 0 Å². The standard InChI is InChI=1S/C19H11BrN2S/c20-12-6-7-15-13(8-12)14-9-18-17(10-16(14)21-15)22-19(23-18)11-4-2-1-3-5-11/h1-10,21H. The first kappa shape index (κ1) is 13.3. The van der Waals surface area contributed by atoms with Gasteiger partial charge in [0.05, 0.1) is 10.2 Å². The Morgan fingerprint density at radius 1 is 0.870 bits per heavy atom. The zero-order valence-corrected chi connectivity index (χ0v) is 14.4. The minimum Gasteiger partial charge on any atom is -0.354 e. The molecule has 0 unspecified atom stereocenters. The summed E-state index contributed by atoms with van der Waals surface area (Å²) in [7, 11) is 0. The Bertz CT molecular complexity index is 1170. The molecule has 110 valence electrons. The third-order valence-electron chi connectivity index (χ3n) is 4.09. The van der Waals surface area contributed by atoms with E-state index in [2.05, 4.69) is 75.5 Å². The van der Waals surface area contributed by atoms with Crippen LogP contribution in [0.15, 0.2) is 65.1 Å². The first-order valence-electron chi connectivity index (χ1n) is 7.35. The summed E-state index contributed by atoms with van der Waals surface area (Å²) in [5.74, 6) is 0. The number of nitrogens with one attached hydrogen (secondary N) is 1. The van der Waals surface area contributed by atoms with Gasteiger partial charge in [0.25, 0.3) is 0 Å².